The molecule has 0 radical (unpaired) electrons. The second-order valence-corrected chi connectivity index (χ2v) is 6.52. The van der Waals surface area contributed by atoms with E-state index in [-0.39, 0.29) is 5.76 Å². The quantitative estimate of drug-likeness (QED) is 0.664. The van der Waals surface area contributed by atoms with Gasteiger partial charge in [-0.2, -0.15) is 0 Å². The number of carboxylic acid groups (broad SMARTS) is 1. The second-order valence-electron chi connectivity index (χ2n) is 6.52. The van der Waals surface area contributed by atoms with Gasteiger partial charge in [0.15, 0.2) is 0 Å². The van der Waals surface area contributed by atoms with E-state index in [1.54, 1.807) is 6.07 Å². The molecule has 3 aromatic rings. The van der Waals surface area contributed by atoms with Crippen molar-refractivity contribution >= 4 is 5.97 Å². The topological polar surface area (TPSA) is 59.7 Å². The van der Waals surface area contributed by atoms with Crippen molar-refractivity contribution in [3.05, 3.63) is 76.2 Å². The molecule has 2 aromatic carbocycles. The van der Waals surface area contributed by atoms with E-state index in [0.717, 1.165) is 11.3 Å². The summed E-state index contributed by atoms with van der Waals surface area (Å²) in [6, 6.07) is 11.2. The molecule has 0 bridgehead atoms. The molecule has 1 N–H and O–H groups in total. The number of hydrogen-bond donors (Lipinski definition) is 1. The Balaban J connectivity index is 1.79. The zero-order chi connectivity index (χ0) is 18.8. The van der Waals surface area contributed by atoms with Crippen molar-refractivity contribution in [1.29, 1.82) is 0 Å². The second kappa shape index (κ2) is 7.08. The van der Waals surface area contributed by atoms with Crippen LogP contribution in [0.15, 0.2) is 47.1 Å². The van der Waals surface area contributed by atoms with Crippen LogP contribution in [0.1, 0.15) is 38.4 Å². The van der Waals surface area contributed by atoms with Crippen molar-refractivity contribution < 1.29 is 19.1 Å². The van der Waals surface area contributed by atoms with E-state index in [1.165, 1.54) is 34.1 Å². The first kappa shape index (κ1) is 17.8. The molecule has 0 saturated heterocycles. The number of furan rings is 1. The Bertz CT molecular complexity index is 923. The molecule has 1 heterocycles. The molecule has 0 saturated carbocycles. The van der Waals surface area contributed by atoms with Crippen LogP contribution in [0, 0.1) is 27.7 Å². The molecule has 0 aliphatic heterocycles. The van der Waals surface area contributed by atoms with E-state index in [2.05, 4.69) is 33.8 Å². The summed E-state index contributed by atoms with van der Waals surface area (Å²) in [5.74, 6) is -0.390. The van der Waals surface area contributed by atoms with Gasteiger partial charge in [0.25, 0.3) is 0 Å². The third kappa shape index (κ3) is 3.36. The summed E-state index contributed by atoms with van der Waals surface area (Å²) in [4.78, 5) is 11.2. The number of carboxylic acids is 1. The largest absolute Gasteiger partial charge is 0.489 e. The first-order valence-corrected chi connectivity index (χ1v) is 8.48. The average molecular weight is 350 g/mol. The Morgan fingerprint density at radius 3 is 2.19 bits per heavy atom. The SMILES string of the molecule is Cc1cc(C)c(C)c(COc2ccc(-c3ccoc3C(=O)O)cc2)c1C. The fourth-order valence-corrected chi connectivity index (χ4v) is 3.10. The molecule has 0 fully saturated rings. The Kier molecular flexibility index (Phi) is 4.85. The molecule has 4 nitrogen and oxygen atoms in total. The number of aromatic carboxylic acids is 1. The lowest BCUT2D eigenvalue weighted by Crippen LogP contribution is -2.04. The van der Waals surface area contributed by atoms with Gasteiger partial charge in [-0.25, -0.2) is 4.79 Å². The standard InChI is InChI=1S/C22H22O4/c1-13-11-14(2)16(4)20(15(13)3)12-26-18-7-5-17(6-8-18)19-9-10-25-21(19)22(23)24/h5-11H,12H2,1-4H3,(H,23,24). The fourth-order valence-electron chi connectivity index (χ4n) is 3.10. The number of aryl methyl sites for hydroxylation is 2. The molecule has 134 valence electrons. The van der Waals surface area contributed by atoms with Crippen molar-refractivity contribution in [2.45, 2.75) is 34.3 Å². The van der Waals surface area contributed by atoms with Crippen molar-refractivity contribution in [2.24, 2.45) is 0 Å². The minimum atomic E-state index is -1.08. The van der Waals surface area contributed by atoms with Gasteiger partial charge < -0.3 is 14.3 Å². The predicted molar refractivity (Wildman–Crippen MR) is 101 cm³/mol. The molecule has 26 heavy (non-hydrogen) atoms. The third-order valence-electron chi connectivity index (χ3n) is 4.93. The Labute approximate surface area is 153 Å². The van der Waals surface area contributed by atoms with Crippen LogP contribution in [0.4, 0.5) is 0 Å². The Morgan fingerprint density at radius 1 is 1.00 bits per heavy atom. The van der Waals surface area contributed by atoms with Gasteiger partial charge in [0, 0.05) is 5.56 Å². The monoisotopic (exact) mass is 350 g/mol. The third-order valence-corrected chi connectivity index (χ3v) is 4.93. The van der Waals surface area contributed by atoms with Gasteiger partial charge in [-0.3, -0.25) is 0 Å². The van der Waals surface area contributed by atoms with Gasteiger partial charge in [0.2, 0.25) is 5.76 Å². The summed E-state index contributed by atoms with van der Waals surface area (Å²) in [6.45, 7) is 8.98. The lowest BCUT2D eigenvalue weighted by Gasteiger charge is -2.16. The molecule has 0 atom stereocenters. The zero-order valence-electron chi connectivity index (χ0n) is 15.4. The van der Waals surface area contributed by atoms with Crippen molar-refractivity contribution in [2.75, 3.05) is 0 Å². The van der Waals surface area contributed by atoms with Crippen LogP contribution in [0.2, 0.25) is 0 Å². The summed E-state index contributed by atoms with van der Waals surface area (Å²) in [5, 5.41) is 9.16. The maximum Gasteiger partial charge on any atom is 0.372 e. The number of ether oxygens (including phenoxy) is 1. The normalized spacial score (nSPS) is 10.8. The van der Waals surface area contributed by atoms with Crippen LogP contribution < -0.4 is 4.74 Å². The summed E-state index contributed by atoms with van der Waals surface area (Å²) in [5.41, 5.74) is 7.61. The number of rotatable bonds is 5. The molecule has 0 spiro atoms. The van der Waals surface area contributed by atoms with Gasteiger partial charge in [-0.15, -0.1) is 0 Å². The van der Waals surface area contributed by atoms with E-state index >= 15 is 0 Å². The van der Waals surface area contributed by atoms with E-state index in [9.17, 15) is 4.79 Å². The maximum atomic E-state index is 11.2. The van der Waals surface area contributed by atoms with Crippen LogP contribution >= 0.6 is 0 Å². The molecule has 0 aliphatic rings. The van der Waals surface area contributed by atoms with E-state index in [1.807, 2.05) is 24.3 Å². The van der Waals surface area contributed by atoms with Crippen molar-refractivity contribution in [3.8, 4) is 16.9 Å². The van der Waals surface area contributed by atoms with E-state index in [4.69, 9.17) is 14.3 Å². The fraction of sp³-hybridized carbons (Fsp3) is 0.227. The van der Waals surface area contributed by atoms with E-state index < -0.39 is 5.97 Å². The average Bonchev–Trinajstić information content (AvgIpc) is 3.10. The smallest absolute Gasteiger partial charge is 0.372 e. The van der Waals surface area contributed by atoms with Crippen molar-refractivity contribution in [1.82, 2.24) is 0 Å². The Morgan fingerprint density at radius 2 is 1.62 bits per heavy atom. The zero-order valence-corrected chi connectivity index (χ0v) is 15.4. The van der Waals surface area contributed by atoms with Crippen LogP contribution in [0.25, 0.3) is 11.1 Å². The predicted octanol–water partition coefficient (Wildman–Crippen LogP) is 5.46. The number of carbonyl (C=O) groups is 1. The highest BCUT2D eigenvalue weighted by Gasteiger charge is 2.15. The highest BCUT2D eigenvalue weighted by atomic mass is 16.5. The summed E-state index contributed by atoms with van der Waals surface area (Å²) in [7, 11) is 0. The highest BCUT2D eigenvalue weighted by molar-refractivity contribution is 5.93. The Hall–Kier alpha value is -3.01. The van der Waals surface area contributed by atoms with Crippen molar-refractivity contribution in [3.63, 3.8) is 0 Å². The molecule has 0 aliphatic carbocycles. The highest BCUT2D eigenvalue weighted by Crippen LogP contribution is 2.28. The van der Waals surface area contributed by atoms with Crippen LogP contribution in [-0.2, 0) is 6.61 Å². The summed E-state index contributed by atoms with van der Waals surface area (Å²) < 4.78 is 11.0. The van der Waals surface area contributed by atoms with Gasteiger partial charge in [-0.05, 0) is 79.3 Å². The van der Waals surface area contributed by atoms with Crippen LogP contribution in [-0.4, -0.2) is 11.1 Å². The van der Waals surface area contributed by atoms with Gasteiger partial charge >= 0.3 is 5.97 Å². The summed E-state index contributed by atoms with van der Waals surface area (Å²) >= 11 is 0. The molecular weight excluding hydrogens is 328 g/mol. The lowest BCUT2D eigenvalue weighted by molar-refractivity contribution is 0.0663. The van der Waals surface area contributed by atoms with Gasteiger partial charge in [0.1, 0.15) is 12.4 Å². The maximum absolute atomic E-state index is 11.2. The number of hydrogen-bond acceptors (Lipinski definition) is 3. The molecule has 0 amide bonds. The number of benzene rings is 2. The molecular formula is C22H22O4. The molecule has 1 aromatic heterocycles. The minimum Gasteiger partial charge on any atom is -0.489 e. The molecule has 3 rings (SSSR count). The van der Waals surface area contributed by atoms with Crippen LogP contribution in [0.5, 0.6) is 5.75 Å². The van der Waals surface area contributed by atoms with E-state index in [0.29, 0.717) is 12.2 Å². The molecule has 0 unspecified atom stereocenters. The van der Waals surface area contributed by atoms with Gasteiger partial charge in [0.05, 0.1) is 6.26 Å². The molecule has 4 heteroatoms. The van der Waals surface area contributed by atoms with Gasteiger partial charge in [-0.1, -0.05) is 18.2 Å². The lowest BCUT2D eigenvalue weighted by atomic mass is 9.95. The minimum absolute atomic E-state index is 0.0554. The first-order chi connectivity index (χ1) is 12.4. The summed E-state index contributed by atoms with van der Waals surface area (Å²) in [6.07, 6.45) is 1.38. The van der Waals surface area contributed by atoms with Crippen LogP contribution in [0.3, 0.4) is 0 Å². The first-order valence-electron chi connectivity index (χ1n) is 8.48.